The molecule has 2 aromatic rings. The Hall–Kier alpha value is -1.76. The number of hydrogen-bond acceptors (Lipinski definition) is 6. The van der Waals surface area contributed by atoms with E-state index in [1.165, 1.54) is 0 Å². The molecule has 0 bridgehead atoms. The minimum Gasteiger partial charge on any atom is -0.423 e. The summed E-state index contributed by atoms with van der Waals surface area (Å²) in [5.74, 6) is 3.24. The van der Waals surface area contributed by atoms with Gasteiger partial charge in [0.2, 0.25) is 11.8 Å². The van der Waals surface area contributed by atoms with Crippen molar-refractivity contribution < 1.29 is 4.42 Å². The van der Waals surface area contributed by atoms with E-state index in [2.05, 4.69) is 46.4 Å². The van der Waals surface area contributed by atoms with Gasteiger partial charge in [0.05, 0.1) is 13.1 Å². The van der Waals surface area contributed by atoms with Gasteiger partial charge in [-0.3, -0.25) is 0 Å². The molecule has 3 heterocycles. The van der Waals surface area contributed by atoms with Gasteiger partial charge in [-0.25, -0.2) is 9.67 Å². The summed E-state index contributed by atoms with van der Waals surface area (Å²) in [5.41, 5.74) is -0.108. The van der Waals surface area contributed by atoms with Crippen molar-refractivity contribution in [1.82, 2.24) is 30.3 Å². The van der Waals surface area contributed by atoms with Crippen LogP contribution in [-0.2, 0) is 24.9 Å². The van der Waals surface area contributed by atoms with Gasteiger partial charge in [0, 0.05) is 17.9 Å². The molecule has 0 amide bonds. The summed E-state index contributed by atoms with van der Waals surface area (Å²) in [6.07, 6.45) is 2.01. The third-order valence-corrected chi connectivity index (χ3v) is 3.61. The molecular formula is C14H22N6O. The molecule has 1 atom stereocenters. The van der Waals surface area contributed by atoms with Gasteiger partial charge in [0.1, 0.15) is 11.6 Å². The van der Waals surface area contributed by atoms with Gasteiger partial charge < -0.3 is 9.73 Å². The smallest absolute Gasteiger partial charge is 0.230 e. The molecule has 1 N–H and O–H groups in total. The molecule has 2 aromatic heterocycles. The highest BCUT2D eigenvalue weighted by Gasteiger charge is 2.23. The lowest BCUT2D eigenvalue weighted by Crippen LogP contribution is -2.37. The summed E-state index contributed by atoms with van der Waals surface area (Å²) in [5, 5.41) is 16.1. The van der Waals surface area contributed by atoms with Crippen LogP contribution in [0.3, 0.4) is 0 Å². The first kappa shape index (κ1) is 14.2. The van der Waals surface area contributed by atoms with Crippen molar-refractivity contribution in [2.75, 3.05) is 0 Å². The molecule has 0 spiro atoms. The third kappa shape index (κ3) is 3.12. The number of nitrogens with zero attached hydrogens (tertiary/aromatic N) is 5. The fourth-order valence-electron chi connectivity index (χ4n) is 2.46. The number of rotatable bonds is 3. The third-order valence-electron chi connectivity index (χ3n) is 3.61. The standard InChI is InChI=1S/C14H22N6O/c1-9-16-11-6-5-10(8-20(11)19-9)15-7-12-17-18-13(21-12)14(2,3)4/h10,15H,5-8H2,1-4H3. The minimum atomic E-state index is -0.108. The van der Waals surface area contributed by atoms with Gasteiger partial charge in [-0.05, 0) is 13.3 Å². The molecular weight excluding hydrogens is 268 g/mol. The van der Waals surface area contributed by atoms with Crippen LogP contribution in [0.4, 0.5) is 0 Å². The van der Waals surface area contributed by atoms with Gasteiger partial charge in [0.15, 0.2) is 0 Å². The predicted molar refractivity (Wildman–Crippen MR) is 76.7 cm³/mol. The monoisotopic (exact) mass is 290 g/mol. The van der Waals surface area contributed by atoms with E-state index < -0.39 is 0 Å². The van der Waals surface area contributed by atoms with Crippen LogP contribution in [0, 0.1) is 6.92 Å². The van der Waals surface area contributed by atoms with Crippen molar-refractivity contribution in [3.05, 3.63) is 23.4 Å². The second kappa shape index (κ2) is 5.22. The fourth-order valence-corrected chi connectivity index (χ4v) is 2.46. The van der Waals surface area contributed by atoms with E-state index >= 15 is 0 Å². The maximum Gasteiger partial charge on any atom is 0.230 e. The maximum atomic E-state index is 5.69. The number of aryl methyl sites for hydroxylation is 2. The van der Waals surface area contributed by atoms with Crippen LogP contribution in [0.2, 0.25) is 0 Å². The molecule has 0 saturated carbocycles. The van der Waals surface area contributed by atoms with Gasteiger partial charge in [-0.15, -0.1) is 10.2 Å². The van der Waals surface area contributed by atoms with Crippen molar-refractivity contribution in [3.8, 4) is 0 Å². The van der Waals surface area contributed by atoms with Crippen molar-refractivity contribution in [3.63, 3.8) is 0 Å². The number of aromatic nitrogens is 5. The van der Waals surface area contributed by atoms with Crippen LogP contribution in [-0.4, -0.2) is 31.0 Å². The zero-order chi connectivity index (χ0) is 15.0. The Bertz CT molecular complexity index is 624. The zero-order valence-corrected chi connectivity index (χ0v) is 13.1. The number of nitrogens with one attached hydrogen (secondary N) is 1. The minimum absolute atomic E-state index is 0.108. The molecule has 0 saturated heterocycles. The summed E-state index contributed by atoms with van der Waals surface area (Å²) in [4.78, 5) is 4.42. The molecule has 1 aliphatic rings. The lowest BCUT2D eigenvalue weighted by Gasteiger charge is -2.22. The first-order valence-electron chi connectivity index (χ1n) is 7.38. The normalized spacial score (nSPS) is 18.8. The Morgan fingerprint density at radius 3 is 2.86 bits per heavy atom. The van der Waals surface area contributed by atoms with E-state index in [-0.39, 0.29) is 5.41 Å². The Balaban J connectivity index is 1.58. The molecule has 21 heavy (non-hydrogen) atoms. The molecule has 114 valence electrons. The highest BCUT2D eigenvalue weighted by molar-refractivity contribution is 4.98. The molecule has 3 rings (SSSR count). The molecule has 0 radical (unpaired) electrons. The average molecular weight is 290 g/mol. The van der Waals surface area contributed by atoms with Gasteiger partial charge in [-0.1, -0.05) is 20.8 Å². The summed E-state index contributed by atoms with van der Waals surface area (Å²) < 4.78 is 7.68. The zero-order valence-electron chi connectivity index (χ0n) is 13.1. The lowest BCUT2D eigenvalue weighted by atomic mass is 9.97. The average Bonchev–Trinajstić information content (AvgIpc) is 3.00. The van der Waals surface area contributed by atoms with Gasteiger partial charge in [0.25, 0.3) is 0 Å². The topological polar surface area (TPSA) is 81.7 Å². The molecule has 0 aliphatic carbocycles. The quantitative estimate of drug-likeness (QED) is 0.919. The predicted octanol–water partition coefficient (Wildman–Crippen LogP) is 1.37. The van der Waals surface area contributed by atoms with E-state index in [0.29, 0.717) is 24.4 Å². The Morgan fingerprint density at radius 2 is 2.14 bits per heavy atom. The second-order valence-electron chi connectivity index (χ2n) is 6.62. The van der Waals surface area contributed by atoms with Crippen molar-refractivity contribution in [2.45, 2.75) is 65.1 Å². The van der Waals surface area contributed by atoms with Crippen molar-refractivity contribution >= 4 is 0 Å². The first-order valence-corrected chi connectivity index (χ1v) is 7.38. The van der Waals surface area contributed by atoms with Crippen LogP contribution < -0.4 is 5.32 Å². The van der Waals surface area contributed by atoms with Crippen LogP contribution in [0.15, 0.2) is 4.42 Å². The van der Waals surface area contributed by atoms with E-state index in [4.69, 9.17) is 4.42 Å². The largest absolute Gasteiger partial charge is 0.423 e. The van der Waals surface area contributed by atoms with Gasteiger partial charge in [-0.2, -0.15) is 5.10 Å². The van der Waals surface area contributed by atoms with Crippen LogP contribution >= 0.6 is 0 Å². The summed E-state index contributed by atoms with van der Waals surface area (Å²) in [6, 6.07) is 0.364. The summed E-state index contributed by atoms with van der Waals surface area (Å²) in [7, 11) is 0. The maximum absolute atomic E-state index is 5.69. The number of fused-ring (bicyclic) bond motifs is 1. The van der Waals surface area contributed by atoms with E-state index in [0.717, 1.165) is 31.0 Å². The molecule has 7 heteroatoms. The number of hydrogen-bond donors (Lipinski definition) is 1. The van der Waals surface area contributed by atoms with E-state index in [1.807, 2.05) is 11.6 Å². The second-order valence-corrected chi connectivity index (χ2v) is 6.62. The summed E-state index contributed by atoms with van der Waals surface area (Å²) >= 11 is 0. The fraction of sp³-hybridized carbons (Fsp3) is 0.714. The highest BCUT2D eigenvalue weighted by Crippen LogP contribution is 2.20. The molecule has 7 nitrogen and oxygen atoms in total. The SMILES string of the molecule is Cc1nc2n(n1)CC(NCc1nnc(C(C)(C)C)o1)CC2. The van der Waals surface area contributed by atoms with Crippen LogP contribution in [0.25, 0.3) is 0 Å². The van der Waals surface area contributed by atoms with E-state index in [9.17, 15) is 0 Å². The van der Waals surface area contributed by atoms with Crippen molar-refractivity contribution in [2.24, 2.45) is 0 Å². The summed E-state index contributed by atoms with van der Waals surface area (Å²) in [6.45, 7) is 9.56. The van der Waals surface area contributed by atoms with Gasteiger partial charge >= 0.3 is 0 Å². The Kier molecular flexibility index (Phi) is 3.52. The van der Waals surface area contributed by atoms with Crippen LogP contribution in [0.5, 0.6) is 0 Å². The molecule has 0 aromatic carbocycles. The molecule has 1 aliphatic heterocycles. The molecule has 0 fully saturated rings. The lowest BCUT2D eigenvalue weighted by molar-refractivity contribution is 0.325. The van der Waals surface area contributed by atoms with Crippen LogP contribution in [0.1, 0.15) is 50.6 Å². The first-order chi connectivity index (χ1) is 9.91. The molecule has 1 unspecified atom stereocenters. The Morgan fingerprint density at radius 1 is 1.33 bits per heavy atom. The Labute approximate surface area is 124 Å². The van der Waals surface area contributed by atoms with Crippen molar-refractivity contribution in [1.29, 1.82) is 0 Å². The highest BCUT2D eigenvalue weighted by atomic mass is 16.4. The van der Waals surface area contributed by atoms with E-state index in [1.54, 1.807) is 0 Å².